The van der Waals surface area contributed by atoms with Gasteiger partial charge in [-0.1, -0.05) is 19.9 Å². The van der Waals surface area contributed by atoms with Crippen LogP contribution in [0.4, 0.5) is 10.1 Å². The minimum Gasteiger partial charge on any atom is -0.372 e. The highest BCUT2D eigenvalue weighted by Crippen LogP contribution is 2.20. The lowest BCUT2D eigenvalue weighted by Gasteiger charge is -2.19. The maximum Gasteiger partial charge on any atom is 0.146 e. The van der Waals surface area contributed by atoms with Gasteiger partial charge in [-0.3, -0.25) is 0 Å². The van der Waals surface area contributed by atoms with Crippen molar-refractivity contribution in [2.75, 3.05) is 18.5 Å². The quantitative estimate of drug-likeness (QED) is 0.825. The van der Waals surface area contributed by atoms with E-state index in [1.54, 1.807) is 6.07 Å². The van der Waals surface area contributed by atoms with Crippen molar-refractivity contribution >= 4 is 5.69 Å². The summed E-state index contributed by atoms with van der Waals surface area (Å²) < 4.78 is 13.9. The molecule has 0 heterocycles. The molecule has 1 unspecified atom stereocenters. The van der Waals surface area contributed by atoms with Crippen molar-refractivity contribution < 1.29 is 4.39 Å². The van der Waals surface area contributed by atoms with Crippen molar-refractivity contribution in [3.63, 3.8) is 0 Å². The summed E-state index contributed by atoms with van der Waals surface area (Å²) in [7, 11) is 1.92. The van der Waals surface area contributed by atoms with E-state index in [0.717, 1.165) is 31.4 Å². The second-order valence-corrected chi connectivity index (χ2v) is 4.58. The second kappa shape index (κ2) is 6.60. The Kier molecular flexibility index (Phi) is 5.42. The molecular weight excluding hydrogens is 215 g/mol. The zero-order valence-corrected chi connectivity index (χ0v) is 11.0. The molecule has 0 aliphatic heterocycles. The molecule has 0 aromatic heterocycles. The highest BCUT2D eigenvalue weighted by atomic mass is 19.1. The van der Waals surface area contributed by atoms with E-state index in [1.165, 1.54) is 0 Å². The number of hydrogen-bond donors (Lipinski definition) is 1. The monoisotopic (exact) mass is 238 g/mol. The Morgan fingerprint density at radius 2 is 2.06 bits per heavy atom. The van der Waals surface area contributed by atoms with Gasteiger partial charge in [0.2, 0.25) is 0 Å². The van der Waals surface area contributed by atoms with Gasteiger partial charge in [0.1, 0.15) is 5.82 Å². The molecule has 0 amide bonds. The van der Waals surface area contributed by atoms with Crippen LogP contribution in [0.3, 0.4) is 0 Å². The number of nitrogens with two attached hydrogens (primary N) is 1. The van der Waals surface area contributed by atoms with Crippen LogP contribution in [0.1, 0.15) is 32.3 Å². The molecule has 1 aromatic carbocycles. The molecule has 1 aromatic rings. The van der Waals surface area contributed by atoms with Crippen LogP contribution >= 0.6 is 0 Å². The summed E-state index contributed by atoms with van der Waals surface area (Å²) in [5, 5.41) is 0. The second-order valence-electron chi connectivity index (χ2n) is 4.58. The Hall–Kier alpha value is -1.09. The number of anilines is 1. The maximum atomic E-state index is 13.9. The third-order valence-corrected chi connectivity index (χ3v) is 3.00. The first kappa shape index (κ1) is 14.0. The van der Waals surface area contributed by atoms with E-state index < -0.39 is 0 Å². The van der Waals surface area contributed by atoms with Gasteiger partial charge in [-0.05, 0) is 37.0 Å². The molecule has 96 valence electrons. The van der Waals surface area contributed by atoms with E-state index in [0.29, 0.717) is 5.69 Å². The van der Waals surface area contributed by atoms with E-state index in [2.05, 4.69) is 6.92 Å². The third-order valence-electron chi connectivity index (χ3n) is 3.00. The fourth-order valence-electron chi connectivity index (χ4n) is 1.89. The van der Waals surface area contributed by atoms with Crippen molar-refractivity contribution in [3.8, 4) is 0 Å². The van der Waals surface area contributed by atoms with Crippen LogP contribution in [0.5, 0.6) is 0 Å². The lowest BCUT2D eigenvalue weighted by molar-refractivity contribution is 0.610. The van der Waals surface area contributed by atoms with Crippen LogP contribution in [0.2, 0.25) is 0 Å². The van der Waals surface area contributed by atoms with E-state index >= 15 is 0 Å². The molecule has 0 fully saturated rings. The molecule has 0 bridgehead atoms. The van der Waals surface area contributed by atoms with Gasteiger partial charge in [-0.2, -0.15) is 0 Å². The summed E-state index contributed by atoms with van der Waals surface area (Å²) >= 11 is 0. The van der Waals surface area contributed by atoms with Crippen LogP contribution < -0.4 is 10.6 Å². The molecule has 3 heteroatoms. The molecule has 1 rings (SSSR count). The van der Waals surface area contributed by atoms with E-state index in [1.807, 2.05) is 31.0 Å². The Morgan fingerprint density at radius 3 is 2.59 bits per heavy atom. The van der Waals surface area contributed by atoms with Crippen molar-refractivity contribution in [2.24, 2.45) is 5.73 Å². The smallest absolute Gasteiger partial charge is 0.146 e. The fourth-order valence-corrected chi connectivity index (χ4v) is 1.89. The van der Waals surface area contributed by atoms with E-state index in [-0.39, 0.29) is 11.9 Å². The highest BCUT2D eigenvalue weighted by molar-refractivity contribution is 5.48. The first-order valence-electron chi connectivity index (χ1n) is 6.33. The maximum absolute atomic E-state index is 13.9. The Labute approximate surface area is 104 Å². The molecule has 2 nitrogen and oxygen atoms in total. The third kappa shape index (κ3) is 4.00. The topological polar surface area (TPSA) is 29.3 Å². The number of nitrogens with zero attached hydrogens (tertiary/aromatic N) is 1. The molecule has 1 atom stereocenters. The lowest BCUT2D eigenvalue weighted by Crippen LogP contribution is -2.22. The van der Waals surface area contributed by atoms with Crippen LogP contribution in [0.15, 0.2) is 18.2 Å². The van der Waals surface area contributed by atoms with Gasteiger partial charge in [0, 0.05) is 19.6 Å². The number of rotatable bonds is 6. The Morgan fingerprint density at radius 1 is 1.35 bits per heavy atom. The van der Waals surface area contributed by atoms with Gasteiger partial charge in [0.25, 0.3) is 0 Å². The summed E-state index contributed by atoms with van der Waals surface area (Å²) in [6.45, 7) is 5.00. The fraction of sp³-hybridized carbons (Fsp3) is 0.571. The van der Waals surface area contributed by atoms with Gasteiger partial charge in [0.05, 0.1) is 5.69 Å². The standard InChI is InChI=1S/C14H23FN2/c1-4-8-17(3)14-7-6-11(10-13(14)15)9-12(16)5-2/h6-7,10,12H,4-5,8-9,16H2,1-3H3. The van der Waals surface area contributed by atoms with Crippen LogP contribution in [0.25, 0.3) is 0 Å². The van der Waals surface area contributed by atoms with Crippen molar-refractivity contribution in [2.45, 2.75) is 39.2 Å². The van der Waals surface area contributed by atoms with Crippen molar-refractivity contribution in [3.05, 3.63) is 29.6 Å². The molecule has 0 radical (unpaired) electrons. The van der Waals surface area contributed by atoms with Gasteiger partial charge in [-0.25, -0.2) is 4.39 Å². The summed E-state index contributed by atoms with van der Waals surface area (Å²) in [5.74, 6) is -0.151. The summed E-state index contributed by atoms with van der Waals surface area (Å²) in [5.41, 5.74) is 7.51. The Balaban J connectivity index is 2.78. The first-order chi connectivity index (χ1) is 8.08. The molecule has 0 saturated heterocycles. The van der Waals surface area contributed by atoms with Gasteiger partial charge in [0.15, 0.2) is 0 Å². The number of hydrogen-bond acceptors (Lipinski definition) is 2. The normalized spacial score (nSPS) is 12.5. The van der Waals surface area contributed by atoms with Gasteiger partial charge in [-0.15, -0.1) is 0 Å². The molecule has 0 saturated carbocycles. The number of halogens is 1. The van der Waals surface area contributed by atoms with Gasteiger partial charge >= 0.3 is 0 Å². The average Bonchev–Trinajstić information content (AvgIpc) is 2.29. The zero-order valence-electron chi connectivity index (χ0n) is 11.0. The average molecular weight is 238 g/mol. The summed E-state index contributed by atoms with van der Waals surface area (Å²) in [4.78, 5) is 1.94. The van der Waals surface area contributed by atoms with Crippen LogP contribution in [-0.4, -0.2) is 19.6 Å². The predicted molar refractivity (Wildman–Crippen MR) is 71.9 cm³/mol. The highest BCUT2D eigenvalue weighted by Gasteiger charge is 2.09. The molecule has 2 N–H and O–H groups in total. The van der Waals surface area contributed by atoms with Crippen LogP contribution in [0, 0.1) is 5.82 Å². The molecule has 0 aliphatic carbocycles. The van der Waals surface area contributed by atoms with Crippen molar-refractivity contribution in [1.29, 1.82) is 0 Å². The molecule has 0 spiro atoms. The van der Waals surface area contributed by atoms with Gasteiger partial charge < -0.3 is 10.6 Å². The minimum atomic E-state index is -0.151. The lowest BCUT2D eigenvalue weighted by atomic mass is 10.0. The first-order valence-corrected chi connectivity index (χ1v) is 6.33. The SMILES string of the molecule is CCCN(C)c1ccc(CC(N)CC)cc1F. The van der Waals surface area contributed by atoms with Crippen LogP contribution in [-0.2, 0) is 6.42 Å². The predicted octanol–water partition coefficient (Wildman–Crippen LogP) is 2.95. The van der Waals surface area contributed by atoms with E-state index in [4.69, 9.17) is 5.73 Å². The summed E-state index contributed by atoms with van der Waals surface area (Å²) in [6.07, 6.45) is 2.67. The molecule has 0 aliphatic rings. The molecule has 17 heavy (non-hydrogen) atoms. The zero-order chi connectivity index (χ0) is 12.8. The van der Waals surface area contributed by atoms with E-state index in [9.17, 15) is 4.39 Å². The largest absolute Gasteiger partial charge is 0.372 e. The number of benzene rings is 1. The summed E-state index contributed by atoms with van der Waals surface area (Å²) in [6, 6.07) is 5.55. The van der Waals surface area contributed by atoms with Crippen molar-refractivity contribution in [1.82, 2.24) is 0 Å². The Bertz CT molecular complexity index is 352. The minimum absolute atomic E-state index is 0.119. The molecular formula is C14H23FN2.